The monoisotopic (exact) mass is 538 g/mol. The van der Waals surface area contributed by atoms with Crippen molar-refractivity contribution in [1.82, 2.24) is 14.6 Å². The molecule has 1 aliphatic heterocycles. The van der Waals surface area contributed by atoms with E-state index in [1.807, 2.05) is 6.92 Å². The van der Waals surface area contributed by atoms with Crippen molar-refractivity contribution in [2.24, 2.45) is 0 Å². The van der Waals surface area contributed by atoms with Gasteiger partial charge in [-0.15, -0.1) is 12.4 Å². The number of amides is 1. The Labute approximate surface area is 221 Å². The normalized spacial score (nSPS) is 14.1. The van der Waals surface area contributed by atoms with Crippen molar-refractivity contribution in [2.45, 2.75) is 26.2 Å². The molecule has 0 unspecified atom stereocenters. The summed E-state index contributed by atoms with van der Waals surface area (Å²) in [6.45, 7) is 7.37. The first kappa shape index (κ1) is 27.3. The Kier molecular flexibility index (Phi) is 9.86. The lowest BCUT2D eigenvalue weighted by Gasteiger charge is -2.35. The number of anilines is 1. The van der Waals surface area contributed by atoms with Crippen molar-refractivity contribution in [3.63, 3.8) is 0 Å². The van der Waals surface area contributed by atoms with E-state index in [-0.39, 0.29) is 35.4 Å². The van der Waals surface area contributed by atoms with Gasteiger partial charge in [-0.3, -0.25) is 9.69 Å². The average Bonchev–Trinajstić information content (AvgIpc) is 3.29. The van der Waals surface area contributed by atoms with Gasteiger partial charge < -0.3 is 20.1 Å². The molecule has 1 amide bonds. The minimum Gasteiger partial charge on any atom is -0.507 e. The number of piperazine rings is 1. The molecule has 2 aromatic carbocycles. The first-order chi connectivity index (χ1) is 16.5. The summed E-state index contributed by atoms with van der Waals surface area (Å²) in [6.07, 6.45) is 2.41. The first-order valence-electron chi connectivity index (χ1n) is 11.7. The molecule has 2 heterocycles. The SMILES string of the molecule is CCc1cc(Cl)c(OC)c(C(=O)NCCCCN2CCN(c3nsc4ccccc34)CC2)c1O.Cl. The highest BCUT2D eigenvalue weighted by molar-refractivity contribution is 7.13. The highest BCUT2D eigenvalue weighted by atomic mass is 35.5. The number of hydrogen-bond acceptors (Lipinski definition) is 7. The molecule has 0 saturated carbocycles. The fourth-order valence-electron chi connectivity index (χ4n) is 4.39. The van der Waals surface area contributed by atoms with Crippen molar-refractivity contribution in [3.05, 3.63) is 46.5 Å². The smallest absolute Gasteiger partial charge is 0.258 e. The Bertz CT molecular complexity index is 1150. The molecule has 1 aromatic heterocycles. The molecular weight excluding hydrogens is 507 g/mol. The van der Waals surface area contributed by atoms with Crippen molar-refractivity contribution >= 4 is 57.4 Å². The summed E-state index contributed by atoms with van der Waals surface area (Å²) < 4.78 is 11.2. The number of nitrogens with zero attached hydrogens (tertiary/aromatic N) is 3. The predicted octanol–water partition coefficient (Wildman–Crippen LogP) is 4.98. The topological polar surface area (TPSA) is 77.9 Å². The zero-order chi connectivity index (χ0) is 24.1. The van der Waals surface area contributed by atoms with Gasteiger partial charge >= 0.3 is 0 Å². The fraction of sp³-hybridized carbons (Fsp3) is 0.440. The second kappa shape index (κ2) is 12.6. The lowest BCUT2D eigenvalue weighted by molar-refractivity contribution is 0.0946. The summed E-state index contributed by atoms with van der Waals surface area (Å²) in [5.41, 5.74) is 0.735. The van der Waals surface area contributed by atoms with Crippen molar-refractivity contribution < 1.29 is 14.6 Å². The van der Waals surface area contributed by atoms with Crippen LogP contribution >= 0.6 is 35.5 Å². The number of halogens is 2. The number of unbranched alkanes of at least 4 members (excludes halogenated alkanes) is 1. The molecule has 35 heavy (non-hydrogen) atoms. The van der Waals surface area contributed by atoms with Crippen LogP contribution in [0.4, 0.5) is 5.82 Å². The zero-order valence-corrected chi connectivity index (χ0v) is 22.4. The van der Waals surface area contributed by atoms with Gasteiger partial charge in [-0.2, -0.15) is 4.37 Å². The van der Waals surface area contributed by atoms with Crippen molar-refractivity contribution in [3.8, 4) is 11.5 Å². The quantitative estimate of drug-likeness (QED) is 0.374. The van der Waals surface area contributed by atoms with Crippen LogP contribution in [0.5, 0.6) is 11.5 Å². The van der Waals surface area contributed by atoms with Crippen LogP contribution in [0.1, 0.15) is 35.7 Å². The van der Waals surface area contributed by atoms with Crippen LogP contribution in [0.2, 0.25) is 5.02 Å². The highest BCUT2D eigenvalue weighted by Crippen LogP contribution is 2.38. The number of carbonyl (C=O) groups is 1. The van der Waals surface area contributed by atoms with Crippen LogP contribution in [-0.2, 0) is 6.42 Å². The number of methoxy groups -OCH3 is 1. The molecule has 1 fully saturated rings. The molecule has 0 atom stereocenters. The van der Waals surface area contributed by atoms with Gasteiger partial charge in [0.25, 0.3) is 5.91 Å². The van der Waals surface area contributed by atoms with E-state index < -0.39 is 0 Å². The summed E-state index contributed by atoms with van der Waals surface area (Å²) >= 11 is 7.81. The molecule has 4 rings (SSSR count). The van der Waals surface area contributed by atoms with Crippen LogP contribution < -0.4 is 15.0 Å². The van der Waals surface area contributed by atoms with Crippen LogP contribution in [-0.4, -0.2) is 66.7 Å². The number of ether oxygens (including phenoxy) is 1. The minimum absolute atomic E-state index is 0. The lowest BCUT2D eigenvalue weighted by Crippen LogP contribution is -2.46. The third kappa shape index (κ3) is 6.12. The molecule has 10 heteroatoms. The standard InChI is InChI=1S/C25H31ClN4O3S.ClH/c1-3-17-16-19(26)23(33-2)21(22(17)31)25(32)27-10-6-7-11-29-12-14-30(15-13-29)24-18-8-4-5-9-20(18)34-28-24;/h4-5,8-9,16,31H,3,6-7,10-15H2,1-2H3,(H,27,32);1H. The minimum atomic E-state index is -0.365. The molecule has 7 nitrogen and oxygen atoms in total. The Hall–Kier alpha value is -2.26. The van der Waals surface area contributed by atoms with E-state index in [9.17, 15) is 9.90 Å². The Balaban J connectivity index is 0.00000342. The Morgan fingerprint density at radius 2 is 1.97 bits per heavy atom. The third-order valence-corrected chi connectivity index (χ3v) is 7.41. The maximum absolute atomic E-state index is 12.7. The average molecular weight is 540 g/mol. The van der Waals surface area contributed by atoms with Gasteiger partial charge in [0.15, 0.2) is 5.75 Å². The summed E-state index contributed by atoms with van der Waals surface area (Å²) in [5, 5.41) is 15.0. The van der Waals surface area contributed by atoms with Crippen LogP contribution in [0.15, 0.2) is 30.3 Å². The molecule has 0 spiro atoms. The van der Waals surface area contributed by atoms with Crippen LogP contribution in [0.3, 0.4) is 0 Å². The summed E-state index contributed by atoms with van der Waals surface area (Å²) in [4.78, 5) is 17.6. The third-order valence-electron chi connectivity index (χ3n) is 6.31. The van der Waals surface area contributed by atoms with E-state index in [1.165, 1.54) is 17.2 Å². The number of carbonyl (C=O) groups excluding carboxylic acids is 1. The number of aryl methyl sites for hydroxylation is 1. The summed E-state index contributed by atoms with van der Waals surface area (Å²) in [6, 6.07) is 10.0. The number of aromatic hydroxyl groups is 1. The van der Waals surface area contributed by atoms with Gasteiger partial charge in [-0.05, 0) is 61.1 Å². The fourth-order valence-corrected chi connectivity index (χ4v) is 5.49. The number of rotatable bonds is 9. The second-order valence-corrected chi connectivity index (χ2v) is 9.63. The molecule has 3 aromatic rings. The number of benzene rings is 2. The van der Waals surface area contributed by atoms with Gasteiger partial charge in [0.1, 0.15) is 17.1 Å². The molecule has 0 radical (unpaired) electrons. The van der Waals surface area contributed by atoms with Crippen LogP contribution in [0.25, 0.3) is 10.1 Å². The van der Waals surface area contributed by atoms with Crippen molar-refractivity contribution in [1.29, 1.82) is 0 Å². The molecular formula is C25H32Cl2N4O3S. The number of fused-ring (bicyclic) bond motifs is 1. The number of aromatic nitrogens is 1. The van der Waals surface area contributed by atoms with E-state index >= 15 is 0 Å². The van der Waals surface area contributed by atoms with Gasteiger partial charge in [0.2, 0.25) is 0 Å². The lowest BCUT2D eigenvalue weighted by atomic mass is 10.0. The zero-order valence-electron chi connectivity index (χ0n) is 20.1. The molecule has 0 bridgehead atoms. The molecule has 1 aliphatic rings. The number of nitrogens with one attached hydrogen (secondary N) is 1. The number of phenolic OH excluding ortho intramolecular Hbond substituents is 1. The maximum Gasteiger partial charge on any atom is 0.258 e. The van der Waals surface area contributed by atoms with E-state index in [0.29, 0.717) is 23.6 Å². The van der Waals surface area contributed by atoms with E-state index in [4.69, 9.17) is 16.3 Å². The number of phenols is 1. The van der Waals surface area contributed by atoms with Gasteiger partial charge in [0.05, 0.1) is 16.8 Å². The molecule has 0 aliphatic carbocycles. The van der Waals surface area contributed by atoms with Gasteiger partial charge in [-0.1, -0.05) is 30.7 Å². The van der Waals surface area contributed by atoms with Gasteiger partial charge in [-0.25, -0.2) is 0 Å². The molecule has 2 N–H and O–H groups in total. The summed E-state index contributed by atoms with van der Waals surface area (Å²) in [5.74, 6) is 0.885. The molecule has 1 saturated heterocycles. The maximum atomic E-state index is 12.7. The Morgan fingerprint density at radius 3 is 2.69 bits per heavy atom. The van der Waals surface area contributed by atoms with E-state index in [0.717, 1.165) is 51.4 Å². The molecule has 190 valence electrons. The van der Waals surface area contributed by atoms with E-state index in [1.54, 1.807) is 17.6 Å². The highest BCUT2D eigenvalue weighted by Gasteiger charge is 2.23. The van der Waals surface area contributed by atoms with Crippen molar-refractivity contribution in [2.75, 3.05) is 51.3 Å². The first-order valence-corrected chi connectivity index (χ1v) is 12.9. The summed E-state index contributed by atoms with van der Waals surface area (Å²) in [7, 11) is 1.44. The second-order valence-electron chi connectivity index (χ2n) is 8.42. The Morgan fingerprint density at radius 1 is 1.23 bits per heavy atom. The predicted molar refractivity (Wildman–Crippen MR) is 146 cm³/mol. The number of hydrogen-bond donors (Lipinski definition) is 2. The van der Waals surface area contributed by atoms with E-state index in [2.05, 4.69) is 43.8 Å². The largest absolute Gasteiger partial charge is 0.507 e. The van der Waals surface area contributed by atoms with Crippen LogP contribution in [0, 0.1) is 0 Å². The van der Waals surface area contributed by atoms with Gasteiger partial charge in [0, 0.05) is 38.1 Å².